The molecule has 2 aromatic carbocycles. The number of benzene rings is 2. The molecule has 1 fully saturated rings. The predicted molar refractivity (Wildman–Crippen MR) is 97.9 cm³/mol. The normalized spacial score (nSPS) is 15.0. The minimum Gasteiger partial charge on any atom is -0.368 e. The van der Waals surface area contributed by atoms with E-state index >= 15 is 0 Å². The first kappa shape index (κ1) is 15.1. The number of halogens is 1. The van der Waals surface area contributed by atoms with E-state index in [1.165, 1.54) is 0 Å². The Bertz CT molecular complexity index is 831. The van der Waals surface area contributed by atoms with Gasteiger partial charge in [0.05, 0.1) is 0 Å². The number of piperazine rings is 1. The Balaban J connectivity index is 1.45. The van der Waals surface area contributed by atoms with Crippen LogP contribution in [0.2, 0.25) is 5.02 Å². The number of aromatic amines is 1. The van der Waals surface area contributed by atoms with Crippen LogP contribution in [0.3, 0.4) is 0 Å². The molecule has 0 bridgehead atoms. The molecule has 2 heterocycles. The molecule has 0 atom stereocenters. The number of aromatic nitrogens is 1. The van der Waals surface area contributed by atoms with E-state index < -0.39 is 0 Å². The molecule has 0 spiro atoms. The molecule has 0 radical (unpaired) electrons. The summed E-state index contributed by atoms with van der Waals surface area (Å²) in [5.41, 5.74) is 2.81. The zero-order valence-electron chi connectivity index (χ0n) is 13.2. The third kappa shape index (κ3) is 2.85. The van der Waals surface area contributed by atoms with Gasteiger partial charge in [-0.1, -0.05) is 29.8 Å². The summed E-state index contributed by atoms with van der Waals surface area (Å²) in [7, 11) is 0. The van der Waals surface area contributed by atoms with Gasteiger partial charge in [0.1, 0.15) is 5.69 Å². The number of nitrogens with one attached hydrogen (secondary N) is 1. The molecule has 1 saturated heterocycles. The van der Waals surface area contributed by atoms with Gasteiger partial charge in [-0.15, -0.1) is 0 Å². The van der Waals surface area contributed by atoms with E-state index in [0.717, 1.165) is 47.8 Å². The fraction of sp³-hybridized carbons (Fsp3) is 0.211. The van der Waals surface area contributed by atoms with Gasteiger partial charge in [0.15, 0.2) is 0 Å². The van der Waals surface area contributed by atoms with Crippen molar-refractivity contribution in [2.24, 2.45) is 0 Å². The maximum atomic E-state index is 12.7. The first-order chi connectivity index (χ1) is 11.7. The minimum atomic E-state index is 0.0713. The Morgan fingerprint density at radius 3 is 2.38 bits per heavy atom. The number of anilines is 1. The van der Waals surface area contributed by atoms with E-state index in [2.05, 4.69) is 9.88 Å². The number of fused-ring (bicyclic) bond motifs is 1. The molecule has 0 aliphatic carbocycles. The molecule has 122 valence electrons. The minimum absolute atomic E-state index is 0.0713. The molecular weight excluding hydrogens is 322 g/mol. The van der Waals surface area contributed by atoms with E-state index in [1.54, 1.807) is 0 Å². The van der Waals surface area contributed by atoms with Gasteiger partial charge in [0.2, 0.25) is 0 Å². The van der Waals surface area contributed by atoms with Crippen molar-refractivity contribution in [3.63, 3.8) is 0 Å². The molecular formula is C19H18ClN3O. The quantitative estimate of drug-likeness (QED) is 0.771. The van der Waals surface area contributed by atoms with Crippen molar-refractivity contribution >= 4 is 34.1 Å². The van der Waals surface area contributed by atoms with Gasteiger partial charge in [-0.2, -0.15) is 0 Å². The number of hydrogen-bond donors (Lipinski definition) is 1. The predicted octanol–water partition coefficient (Wildman–Crippen LogP) is 3.78. The average Bonchev–Trinajstić information content (AvgIpc) is 3.06. The van der Waals surface area contributed by atoms with Crippen molar-refractivity contribution in [2.45, 2.75) is 0 Å². The second-order valence-electron chi connectivity index (χ2n) is 6.03. The number of para-hydroxylation sites is 1. The largest absolute Gasteiger partial charge is 0.368 e. The van der Waals surface area contributed by atoms with Gasteiger partial charge < -0.3 is 14.8 Å². The number of carbonyl (C=O) groups is 1. The van der Waals surface area contributed by atoms with Crippen molar-refractivity contribution in [1.82, 2.24) is 9.88 Å². The van der Waals surface area contributed by atoms with Gasteiger partial charge in [0.25, 0.3) is 5.91 Å². The zero-order valence-corrected chi connectivity index (χ0v) is 14.0. The monoisotopic (exact) mass is 339 g/mol. The molecule has 3 aromatic rings. The highest BCUT2D eigenvalue weighted by atomic mass is 35.5. The first-order valence-electron chi connectivity index (χ1n) is 8.08. The van der Waals surface area contributed by atoms with Crippen LogP contribution in [0.4, 0.5) is 5.69 Å². The van der Waals surface area contributed by atoms with E-state index in [1.807, 2.05) is 59.5 Å². The van der Waals surface area contributed by atoms with Crippen LogP contribution in [-0.2, 0) is 0 Å². The Labute approximate surface area is 145 Å². The summed E-state index contributed by atoms with van der Waals surface area (Å²) in [5.74, 6) is 0.0713. The molecule has 1 N–H and O–H groups in total. The van der Waals surface area contributed by atoms with Gasteiger partial charge >= 0.3 is 0 Å². The van der Waals surface area contributed by atoms with Crippen LogP contribution in [0.5, 0.6) is 0 Å². The fourth-order valence-corrected chi connectivity index (χ4v) is 3.30. The highest BCUT2D eigenvalue weighted by Crippen LogP contribution is 2.21. The first-order valence-corrected chi connectivity index (χ1v) is 8.46. The summed E-state index contributed by atoms with van der Waals surface area (Å²) in [5, 5.41) is 1.81. The maximum Gasteiger partial charge on any atom is 0.270 e. The molecule has 1 aliphatic rings. The third-order valence-electron chi connectivity index (χ3n) is 4.52. The van der Waals surface area contributed by atoms with E-state index in [4.69, 9.17) is 11.6 Å². The number of H-pyrrole nitrogens is 1. The highest BCUT2D eigenvalue weighted by molar-refractivity contribution is 6.30. The van der Waals surface area contributed by atoms with Crippen molar-refractivity contribution < 1.29 is 4.79 Å². The van der Waals surface area contributed by atoms with Crippen molar-refractivity contribution in [3.8, 4) is 0 Å². The number of rotatable bonds is 2. The second kappa shape index (κ2) is 6.21. The lowest BCUT2D eigenvalue weighted by Gasteiger charge is -2.36. The average molecular weight is 340 g/mol. The Morgan fingerprint density at radius 2 is 1.67 bits per heavy atom. The zero-order chi connectivity index (χ0) is 16.5. The van der Waals surface area contributed by atoms with Crippen LogP contribution in [-0.4, -0.2) is 42.0 Å². The van der Waals surface area contributed by atoms with E-state index in [9.17, 15) is 4.79 Å². The maximum absolute atomic E-state index is 12.7. The SMILES string of the molecule is O=C(c1cc2ccccc2[nH]1)N1CCN(c2ccc(Cl)cc2)CC1. The van der Waals surface area contributed by atoms with Crippen LogP contribution >= 0.6 is 11.6 Å². The van der Waals surface area contributed by atoms with Gasteiger partial charge in [0, 0.05) is 47.8 Å². The summed E-state index contributed by atoms with van der Waals surface area (Å²) < 4.78 is 0. The standard InChI is InChI=1S/C19H18ClN3O/c20-15-5-7-16(8-6-15)22-9-11-23(12-10-22)19(24)18-13-14-3-1-2-4-17(14)21-18/h1-8,13,21H,9-12H2. The molecule has 1 aliphatic heterocycles. The smallest absolute Gasteiger partial charge is 0.270 e. The molecule has 1 aromatic heterocycles. The molecule has 0 unspecified atom stereocenters. The molecule has 5 heteroatoms. The van der Waals surface area contributed by atoms with Crippen LogP contribution in [0.15, 0.2) is 54.6 Å². The Kier molecular flexibility index (Phi) is 3.90. The number of carbonyl (C=O) groups excluding carboxylic acids is 1. The lowest BCUT2D eigenvalue weighted by atomic mass is 10.2. The summed E-state index contributed by atoms with van der Waals surface area (Å²) in [6.07, 6.45) is 0. The lowest BCUT2D eigenvalue weighted by molar-refractivity contribution is 0.0742. The summed E-state index contributed by atoms with van der Waals surface area (Å²) in [6.45, 7) is 3.09. The third-order valence-corrected chi connectivity index (χ3v) is 4.77. The Hall–Kier alpha value is -2.46. The molecule has 1 amide bonds. The molecule has 0 saturated carbocycles. The van der Waals surface area contributed by atoms with E-state index in [-0.39, 0.29) is 5.91 Å². The second-order valence-corrected chi connectivity index (χ2v) is 6.46. The van der Waals surface area contributed by atoms with Crippen LogP contribution in [0, 0.1) is 0 Å². The number of amides is 1. The van der Waals surface area contributed by atoms with E-state index in [0.29, 0.717) is 5.69 Å². The Morgan fingerprint density at radius 1 is 0.958 bits per heavy atom. The summed E-state index contributed by atoms with van der Waals surface area (Å²) in [4.78, 5) is 20.1. The number of nitrogens with zero attached hydrogens (tertiary/aromatic N) is 2. The van der Waals surface area contributed by atoms with Crippen LogP contribution < -0.4 is 4.90 Å². The summed E-state index contributed by atoms with van der Waals surface area (Å²) >= 11 is 5.94. The molecule has 4 nitrogen and oxygen atoms in total. The topological polar surface area (TPSA) is 39.3 Å². The fourth-order valence-electron chi connectivity index (χ4n) is 3.18. The lowest BCUT2D eigenvalue weighted by Crippen LogP contribution is -2.48. The van der Waals surface area contributed by atoms with Crippen LogP contribution in [0.25, 0.3) is 10.9 Å². The van der Waals surface area contributed by atoms with Gasteiger partial charge in [-0.25, -0.2) is 0 Å². The van der Waals surface area contributed by atoms with Crippen molar-refractivity contribution in [3.05, 3.63) is 65.3 Å². The molecule has 4 rings (SSSR count). The van der Waals surface area contributed by atoms with Gasteiger partial charge in [-0.05, 0) is 36.4 Å². The van der Waals surface area contributed by atoms with Gasteiger partial charge in [-0.3, -0.25) is 4.79 Å². The van der Waals surface area contributed by atoms with Crippen molar-refractivity contribution in [2.75, 3.05) is 31.1 Å². The molecule has 24 heavy (non-hydrogen) atoms. The highest BCUT2D eigenvalue weighted by Gasteiger charge is 2.23. The van der Waals surface area contributed by atoms with Crippen molar-refractivity contribution in [1.29, 1.82) is 0 Å². The number of hydrogen-bond acceptors (Lipinski definition) is 2. The van der Waals surface area contributed by atoms with Crippen LogP contribution in [0.1, 0.15) is 10.5 Å². The summed E-state index contributed by atoms with van der Waals surface area (Å²) in [6, 6.07) is 17.7.